The molecule has 7 heteroatoms. The summed E-state index contributed by atoms with van der Waals surface area (Å²) >= 11 is 3.36. The molecule has 0 saturated heterocycles. The number of hydrogen-bond acceptors (Lipinski definition) is 5. The van der Waals surface area contributed by atoms with Crippen molar-refractivity contribution in [1.29, 1.82) is 5.26 Å². The van der Waals surface area contributed by atoms with Gasteiger partial charge in [-0.25, -0.2) is 0 Å². The van der Waals surface area contributed by atoms with Crippen molar-refractivity contribution in [2.24, 2.45) is 0 Å². The van der Waals surface area contributed by atoms with E-state index in [1.807, 2.05) is 6.07 Å². The zero-order chi connectivity index (χ0) is 17.7. The van der Waals surface area contributed by atoms with Crippen molar-refractivity contribution in [1.82, 2.24) is 0 Å². The molecule has 0 atom stereocenters. The Morgan fingerprint density at radius 1 is 1.04 bits per heavy atom. The lowest BCUT2D eigenvalue weighted by atomic mass is 10.1. The van der Waals surface area contributed by atoms with Crippen LogP contribution in [0, 0.1) is 11.3 Å². The average Bonchev–Trinajstić information content (AvgIpc) is 2.61. The number of rotatable bonds is 5. The van der Waals surface area contributed by atoms with Gasteiger partial charge < -0.3 is 19.5 Å². The second-order valence-electron chi connectivity index (χ2n) is 4.68. The van der Waals surface area contributed by atoms with Gasteiger partial charge in [0, 0.05) is 5.56 Å². The Kier molecular flexibility index (Phi) is 5.66. The Labute approximate surface area is 148 Å². The van der Waals surface area contributed by atoms with E-state index < -0.39 is 0 Å². The van der Waals surface area contributed by atoms with E-state index in [9.17, 15) is 4.79 Å². The first-order valence-electron chi connectivity index (χ1n) is 6.85. The molecule has 0 heterocycles. The molecule has 2 aromatic rings. The van der Waals surface area contributed by atoms with Gasteiger partial charge in [0.15, 0.2) is 0 Å². The van der Waals surface area contributed by atoms with E-state index in [1.165, 1.54) is 21.3 Å². The molecular weight excluding hydrogens is 376 g/mol. The van der Waals surface area contributed by atoms with Crippen LogP contribution in [-0.2, 0) is 0 Å². The minimum atomic E-state index is -0.382. The fourth-order valence-corrected chi connectivity index (χ4v) is 2.62. The molecule has 124 valence electrons. The topological polar surface area (TPSA) is 80.6 Å². The summed E-state index contributed by atoms with van der Waals surface area (Å²) in [5.74, 6) is 1.01. The molecule has 0 saturated carbocycles. The first-order valence-corrected chi connectivity index (χ1v) is 7.64. The summed E-state index contributed by atoms with van der Waals surface area (Å²) in [6, 6.07) is 9.97. The molecule has 24 heavy (non-hydrogen) atoms. The van der Waals surface area contributed by atoms with Crippen LogP contribution >= 0.6 is 15.9 Å². The number of nitriles is 1. The Balaban J connectivity index is 2.39. The first-order chi connectivity index (χ1) is 11.5. The highest BCUT2D eigenvalue weighted by atomic mass is 79.9. The number of carbonyl (C=O) groups is 1. The van der Waals surface area contributed by atoms with Crippen LogP contribution in [0.5, 0.6) is 17.2 Å². The van der Waals surface area contributed by atoms with Gasteiger partial charge in [0.25, 0.3) is 5.91 Å². The molecule has 0 aliphatic rings. The van der Waals surface area contributed by atoms with Crippen LogP contribution in [-0.4, -0.2) is 27.2 Å². The molecule has 0 bridgehead atoms. The number of benzene rings is 2. The number of nitrogens with one attached hydrogen (secondary N) is 1. The highest BCUT2D eigenvalue weighted by molar-refractivity contribution is 9.10. The molecule has 2 rings (SSSR count). The fraction of sp³-hybridized carbons (Fsp3) is 0.176. The third-order valence-electron chi connectivity index (χ3n) is 3.28. The number of anilines is 1. The third-order valence-corrected chi connectivity index (χ3v) is 4.07. The van der Waals surface area contributed by atoms with Crippen LogP contribution in [0.2, 0.25) is 0 Å². The van der Waals surface area contributed by atoms with Crippen molar-refractivity contribution >= 4 is 27.5 Å². The van der Waals surface area contributed by atoms with Gasteiger partial charge in [-0.15, -0.1) is 0 Å². The molecule has 0 aliphatic carbocycles. The lowest BCUT2D eigenvalue weighted by Crippen LogP contribution is -2.13. The predicted molar refractivity (Wildman–Crippen MR) is 92.9 cm³/mol. The van der Waals surface area contributed by atoms with Crippen LogP contribution < -0.4 is 19.5 Å². The molecule has 0 aromatic heterocycles. The number of hydrogen-bond donors (Lipinski definition) is 1. The van der Waals surface area contributed by atoms with Gasteiger partial charge in [0.2, 0.25) is 0 Å². The third kappa shape index (κ3) is 3.60. The number of amides is 1. The van der Waals surface area contributed by atoms with E-state index in [4.69, 9.17) is 19.5 Å². The minimum Gasteiger partial charge on any atom is -0.495 e. The SMILES string of the molecule is COc1ccc(C#N)cc1NC(=O)c1cc(OC)c(Br)c(OC)c1. The monoisotopic (exact) mass is 390 g/mol. The highest BCUT2D eigenvalue weighted by Crippen LogP contribution is 2.36. The number of carbonyl (C=O) groups excluding carboxylic acids is 1. The molecule has 1 amide bonds. The lowest BCUT2D eigenvalue weighted by molar-refractivity contribution is 0.102. The summed E-state index contributed by atoms with van der Waals surface area (Å²) in [5, 5.41) is 11.7. The maximum absolute atomic E-state index is 12.6. The summed E-state index contributed by atoms with van der Waals surface area (Å²) in [7, 11) is 4.49. The molecule has 0 unspecified atom stereocenters. The molecule has 0 radical (unpaired) electrons. The zero-order valence-corrected chi connectivity index (χ0v) is 14.9. The van der Waals surface area contributed by atoms with E-state index >= 15 is 0 Å². The highest BCUT2D eigenvalue weighted by Gasteiger charge is 2.16. The Bertz CT molecular complexity index is 790. The normalized spacial score (nSPS) is 9.79. The van der Waals surface area contributed by atoms with Crippen molar-refractivity contribution in [2.75, 3.05) is 26.6 Å². The van der Waals surface area contributed by atoms with Crippen molar-refractivity contribution in [2.45, 2.75) is 0 Å². The summed E-state index contributed by atoms with van der Waals surface area (Å²) in [6.45, 7) is 0. The van der Waals surface area contributed by atoms with E-state index in [0.717, 1.165) is 0 Å². The lowest BCUT2D eigenvalue weighted by Gasteiger charge is -2.13. The number of methoxy groups -OCH3 is 3. The van der Waals surface area contributed by atoms with Crippen LogP contribution in [0.3, 0.4) is 0 Å². The van der Waals surface area contributed by atoms with Crippen molar-refractivity contribution in [3.8, 4) is 23.3 Å². The number of ether oxygens (including phenoxy) is 3. The van der Waals surface area contributed by atoms with Gasteiger partial charge in [-0.05, 0) is 46.3 Å². The summed E-state index contributed by atoms with van der Waals surface area (Å²) < 4.78 is 16.3. The molecule has 6 nitrogen and oxygen atoms in total. The smallest absolute Gasteiger partial charge is 0.256 e. The van der Waals surface area contributed by atoms with Gasteiger partial charge in [0.05, 0.1) is 38.6 Å². The van der Waals surface area contributed by atoms with E-state index in [-0.39, 0.29) is 5.91 Å². The van der Waals surface area contributed by atoms with Crippen LogP contribution in [0.4, 0.5) is 5.69 Å². The second kappa shape index (κ2) is 7.70. The van der Waals surface area contributed by atoms with Crippen LogP contribution in [0.25, 0.3) is 0 Å². The molecule has 2 aromatic carbocycles. The van der Waals surface area contributed by atoms with E-state index in [0.29, 0.717) is 38.5 Å². The van der Waals surface area contributed by atoms with Crippen molar-refractivity contribution in [3.63, 3.8) is 0 Å². The van der Waals surface area contributed by atoms with Crippen molar-refractivity contribution < 1.29 is 19.0 Å². The van der Waals surface area contributed by atoms with Crippen LogP contribution in [0.15, 0.2) is 34.8 Å². The van der Waals surface area contributed by atoms with E-state index in [1.54, 1.807) is 30.3 Å². The number of nitrogens with zero attached hydrogens (tertiary/aromatic N) is 1. The Morgan fingerprint density at radius 2 is 1.62 bits per heavy atom. The summed E-state index contributed by atoms with van der Waals surface area (Å²) in [4.78, 5) is 12.6. The predicted octanol–water partition coefficient (Wildman–Crippen LogP) is 3.60. The largest absolute Gasteiger partial charge is 0.495 e. The van der Waals surface area contributed by atoms with Gasteiger partial charge in [-0.1, -0.05) is 0 Å². The quantitative estimate of drug-likeness (QED) is 0.843. The maximum Gasteiger partial charge on any atom is 0.256 e. The van der Waals surface area contributed by atoms with E-state index in [2.05, 4.69) is 21.2 Å². The molecule has 0 fully saturated rings. The number of halogens is 1. The van der Waals surface area contributed by atoms with Gasteiger partial charge in [-0.3, -0.25) is 4.79 Å². The van der Waals surface area contributed by atoms with Gasteiger partial charge in [-0.2, -0.15) is 5.26 Å². The minimum absolute atomic E-state index is 0.344. The fourth-order valence-electron chi connectivity index (χ4n) is 2.07. The zero-order valence-electron chi connectivity index (χ0n) is 13.3. The molecule has 0 aliphatic heterocycles. The molecule has 1 N–H and O–H groups in total. The Hall–Kier alpha value is -2.72. The molecular formula is C17H15BrN2O4. The maximum atomic E-state index is 12.6. The summed E-state index contributed by atoms with van der Waals surface area (Å²) in [5.41, 5.74) is 1.16. The Morgan fingerprint density at radius 3 is 2.12 bits per heavy atom. The average molecular weight is 391 g/mol. The summed E-state index contributed by atoms with van der Waals surface area (Å²) in [6.07, 6.45) is 0. The van der Waals surface area contributed by atoms with Gasteiger partial charge >= 0.3 is 0 Å². The van der Waals surface area contributed by atoms with Gasteiger partial charge in [0.1, 0.15) is 21.7 Å². The first kappa shape index (κ1) is 17.6. The van der Waals surface area contributed by atoms with Crippen molar-refractivity contribution in [3.05, 3.63) is 45.9 Å². The second-order valence-corrected chi connectivity index (χ2v) is 5.47. The standard InChI is InChI=1S/C17H15BrN2O4/c1-22-13-5-4-10(9-19)6-12(13)20-17(21)11-7-14(23-2)16(18)15(8-11)24-3/h4-8H,1-3H3,(H,20,21). The van der Waals surface area contributed by atoms with Crippen LogP contribution in [0.1, 0.15) is 15.9 Å². The molecule has 0 spiro atoms.